The first kappa shape index (κ1) is 16.2. The molecule has 1 heterocycles. The zero-order valence-electron chi connectivity index (χ0n) is 12.6. The van der Waals surface area contributed by atoms with Crippen LogP contribution in [0.1, 0.15) is 34.1 Å². The number of rotatable bonds is 8. The molecule has 0 aliphatic carbocycles. The Balaban J connectivity index is 2.85. The van der Waals surface area contributed by atoms with Gasteiger partial charge in [0.25, 0.3) is 0 Å². The molecule has 0 spiro atoms. The molecule has 20 heavy (non-hydrogen) atoms. The number of anilines is 2. The van der Waals surface area contributed by atoms with Gasteiger partial charge in [0.2, 0.25) is 5.82 Å². The Morgan fingerprint density at radius 1 is 1.30 bits per heavy atom. The number of hydrogen-bond donors (Lipinski definition) is 2. The van der Waals surface area contributed by atoms with Gasteiger partial charge in [0.15, 0.2) is 0 Å². The van der Waals surface area contributed by atoms with Gasteiger partial charge in [-0.05, 0) is 24.3 Å². The van der Waals surface area contributed by atoms with E-state index < -0.39 is 4.92 Å². The van der Waals surface area contributed by atoms with E-state index in [1.54, 1.807) is 6.07 Å². The normalized spacial score (nSPS) is 12.2. The largest absolute Gasteiger partial charge is 0.370 e. The van der Waals surface area contributed by atoms with Crippen LogP contribution in [0, 0.1) is 22.0 Å². The second kappa shape index (κ2) is 7.67. The van der Waals surface area contributed by atoms with E-state index >= 15 is 0 Å². The first-order valence-corrected chi connectivity index (χ1v) is 7.08. The summed E-state index contributed by atoms with van der Waals surface area (Å²) in [6, 6.07) is 3.14. The smallest absolute Gasteiger partial charge is 0.311 e. The number of hydrogen-bond acceptors (Lipinski definition) is 5. The van der Waals surface area contributed by atoms with Crippen LogP contribution < -0.4 is 10.6 Å². The maximum Gasteiger partial charge on any atom is 0.311 e. The summed E-state index contributed by atoms with van der Waals surface area (Å²) in [6.07, 6.45) is 0.978. The first-order chi connectivity index (χ1) is 9.45. The first-order valence-electron chi connectivity index (χ1n) is 7.08. The third kappa shape index (κ3) is 4.68. The number of nitrogens with zero attached hydrogens (tertiary/aromatic N) is 2. The minimum absolute atomic E-state index is 0.0167. The molecule has 0 aliphatic heterocycles. The molecule has 0 fully saturated rings. The van der Waals surface area contributed by atoms with E-state index in [0.29, 0.717) is 30.0 Å². The Bertz CT molecular complexity index is 449. The monoisotopic (exact) mass is 280 g/mol. The summed E-state index contributed by atoms with van der Waals surface area (Å²) in [4.78, 5) is 14.9. The highest BCUT2D eigenvalue weighted by Crippen LogP contribution is 2.24. The van der Waals surface area contributed by atoms with Gasteiger partial charge in [-0.3, -0.25) is 10.1 Å². The highest BCUT2D eigenvalue weighted by Gasteiger charge is 2.17. The lowest BCUT2D eigenvalue weighted by molar-refractivity contribution is -0.384. The van der Waals surface area contributed by atoms with E-state index in [1.165, 1.54) is 6.07 Å². The van der Waals surface area contributed by atoms with Crippen molar-refractivity contribution >= 4 is 17.3 Å². The van der Waals surface area contributed by atoms with Crippen LogP contribution in [-0.4, -0.2) is 23.0 Å². The minimum Gasteiger partial charge on any atom is -0.370 e. The number of pyridine rings is 1. The Kier molecular flexibility index (Phi) is 6.21. The molecular formula is C14H24N4O2. The van der Waals surface area contributed by atoms with Crippen LogP contribution in [0.3, 0.4) is 0 Å². The molecule has 1 atom stereocenters. The Hall–Kier alpha value is -1.85. The van der Waals surface area contributed by atoms with E-state index in [9.17, 15) is 10.1 Å². The van der Waals surface area contributed by atoms with Crippen molar-refractivity contribution in [2.45, 2.75) is 34.1 Å². The molecule has 2 N–H and O–H groups in total. The topological polar surface area (TPSA) is 80.1 Å². The second-order valence-corrected chi connectivity index (χ2v) is 5.35. The molecular weight excluding hydrogens is 256 g/mol. The van der Waals surface area contributed by atoms with Crippen LogP contribution in [0.4, 0.5) is 17.3 Å². The standard InChI is InChI=1S/C14H24N4O2/c1-5-8-15-13-7-6-12(18(19)20)14(17-13)16-9-11(4)10(2)3/h6-7,10-11H,5,8-9H2,1-4H3,(H2,15,16,17). The van der Waals surface area contributed by atoms with Crippen molar-refractivity contribution in [3.8, 4) is 0 Å². The van der Waals surface area contributed by atoms with Crippen molar-refractivity contribution < 1.29 is 4.92 Å². The lowest BCUT2D eigenvalue weighted by Crippen LogP contribution is -2.18. The van der Waals surface area contributed by atoms with Crippen molar-refractivity contribution in [2.75, 3.05) is 23.7 Å². The van der Waals surface area contributed by atoms with Crippen LogP contribution in [0.15, 0.2) is 12.1 Å². The van der Waals surface area contributed by atoms with Gasteiger partial charge in [-0.25, -0.2) is 4.98 Å². The number of nitrogens with one attached hydrogen (secondary N) is 2. The van der Waals surface area contributed by atoms with Crippen LogP contribution in [0.5, 0.6) is 0 Å². The average molecular weight is 280 g/mol. The van der Waals surface area contributed by atoms with Crippen LogP contribution in [0.25, 0.3) is 0 Å². The van der Waals surface area contributed by atoms with Crippen LogP contribution >= 0.6 is 0 Å². The zero-order chi connectivity index (χ0) is 15.1. The summed E-state index contributed by atoms with van der Waals surface area (Å²) < 4.78 is 0. The maximum absolute atomic E-state index is 11.0. The van der Waals surface area contributed by atoms with E-state index in [0.717, 1.165) is 13.0 Å². The number of nitro groups is 1. The van der Waals surface area contributed by atoms with Gasteiger partial charge in [-0.1, -0.05) is 27.7 Å². The predicted octanol–water partition coefficient (Wildman–Crippen LogP) is 3.52. The molecule has 1 unspecified atom stereocenters. The fourth-order valence-corrected chi connectivity index (χ4v) is 1.57. The highest BCUT2D eigenvalue weighted by atomic mass is 16.6. The summed E-state index contributed by atoms with van der Waals surface area (Å²) in [5.41, 5.74) is 0.0167. The number of aromatic nitrogens is 1. The van der Waals surface area contributed by atoms with Gasteiger partial charge < -0.3 is 10.6 Å². The molecule has 0 aliphatic rings. The highest BCUT2D eigenvalue weighted by molar-refractivity contribution is 5.60. The lowest BCUT2D eigenvalue weighted by atomic mass is 9.98. The summed E-state index contributed by atoms with van der Waals surface area (Å²) in [7, 11) is 0. The molecule has 1 aromatic heterocycles. The molecule has 112 valence electrons. The van der Waals surface area contributed by atoms with E-state index in [4.69, 9.17) is 0 Å². The minimum atomic E-state index is -0.404. The lowest BCUT2D eigenvalue weighted by Gasteiger charge is -2.16. The van der Waals surface area contributed by atoms with Gasteiger partial charge in [0.05, 0.1) is 4.92 Å². The quantitative estimate of drug-likeness (QED) is 0.562. The molecule has 1 aromatic rings. The predicted molar refractivity (Wildman–Crippen MR) is 82.2 cm³/mol. The summed E-state index contributed by atoms with van der Waals surface area (Å²) in [5, 5.41) is 17.3. The van der Waals surface area contributed by atoms with Crippen LogP contribution in [-0.2, 0) is 0 Å². The molecule has 0 aromatic carbocycles. The molecule has 0 amide bonds. The van der Waals surface area contributed by atoms with E-state index in [1.807, 2.05) is 0 Å². The average Bonchev–Trinajstić information content (AvgIpc) is 2.42. The van der Waals surface area contributed by atoms with Crippen molar-refractivity contribution in [1.82, 2.24) is 4.98 Å². The summed E-state index contributed by atoms with van der Waals surface area (Å²) in [6.45, 7) is 9.90. The second-order valence-electron chi connectivity index (χ2n) is 5.35. The van der Waals surface area contributed by atoms with Crippen molar-refractivity contribution in [3.63, 3.8) is 0 Å². The third-order valence-corrected chi connectivity index (χ3v) is 3.36. The molecule has 0 radical (unpaired) electrons. The summed E-state index contributed by atoms with van der Waals surface area (Å²) >= 11 is 0. The Morgan fingerprint density at radius 2 is 2.00 bits per heavy atom. The fraction of sp³-hybridized carbons (Fsp3) is 0.643. The maximum atomic E-state index is 11.0. The molecule has 6 heteroatoms. The van der Waals surface area contributed by atoms with Gasteiger partial charge in [-0.2, -0.15) is 0 Å². The van der Waals surface area contributed by atoms with E-state index in [2.05, 4.69) is 43.3 Å². The summed E-state index contributed by atoms with van der Waals surface area (Å²) in [5.74, 6) is 1.94. The SMILES string of the molecule is CCCNc1ccc([N+](=O)[O-])c(NCC(C)C(C)C)n1. The van der Waals surface area contributed by atoms with E-state index in [-0.39, 0.29) is 5.69 Å². The molecule has 0 saturated heterocycles. The van der Waals surface area contributed by atoms with Gasteiger partial charge in [-0.15, -0.1) is 0 Å². The molecule has 0 saturated carbocycles. The molecule has 1 rings (SSSR count). The van der Waals surface area contributed by atoms with Crippen molar-refractivity contribution in [2.24, 2.45) is 11.8 Å². The molecule has 6 nitrogen and oxygen atoms in total. The van der Waals surface area contributed by atoms with Crippen LogP contribution in [0.2, 0.25) is 0 Å². The van der Waals surface area contributed by atoms with Crippen molar-refractivity contribution in [1.29, 1.82) is 0 Å². The Labute approximate surface area is 120 Å². The zero-order valence-corrected chi connectivity index (χ0v) is 12.6. The van der Waals surface area contributed by atoms with Gasteiger partial charge in [0, 0.05) is 19.2 Å². The molecule has 0 bridgehead atoms. The van der Waals surface area contributed by atoms with Gasteiger partial charge >= 0.3 is 5.69 Å². The van der Waals surface area contributed by atoms with Crippen molar-refractivity contribution in [3.05, 3.63) is 22.2 Å². The third-order valence-electron chi connectivity index (χ3n) is 3.36. The fourth-order valence-electron chi connectivity index (χ4n) is 1.57. The Morgan fingerprint density at radius 3 is 2.55 bits per heavy atom. The van der Waals surface area contributed by atoms with Gasteiger partial charge in [0.1, 0.15) is 5.82 Å².